The molecule has 18 heavy (non-hydrogen) atoms. The van der Waals surface area contributed by atoms with Gasteiger partial charge in [0.2, 0.25) is 10.0 Å². The van der Waals surface area contributed by atoms with Gasteiger partial charge in [0.05, 0.1) is 29.9 Å². The Balaban J connectivity index is 2.35. The largest absolute Gasteiger partial charge is 0.382 e. The van der Waals surface area contributed by atoms with Crippen LogP contribution in [0.3, 0.4) is 0 Å². The summed E-state index contributed by atoms with van der Waals surface area (Å²) >= 11 is 0. The van der Waals surface area contributed by atoms with E-state index in [1.54, 1.807) is 6.92 Å². The third-order valence-electron chi connectivity index (χ3n) is 2.91. The molecular formula is C11H16N4O2S. The molecule has 0 spiro atoms. The highest BCUT2D eigenvalue weighted by Gasteiger charge is 2.31. The molecule has 98 valence electrons. The molecule has 0 saturated heterocycles. The van der Waals surface area contributed by atoms with Crippen LogP contribution < -0.4 is 5.73 Å². The highest BCUT2D eigenvalue weighted by atomic mass is 32.2. The van der Waals surface area contributed by atoms with Gasteiger partial charge in [0, 0.05) is 6.54 Å². The fraction of sp³-hybridized carbons (Fsp3) is 0.455. The zero-order valence-electron chi connectivity index (χ0n) is 10.2. The molecule has 6 nitrogen and oxygen atoms in total. The van der Waals surface area contributed by atoms with Crippen molar-refractivity contribution in [1.82, 2.24) is 14.3 Å². The van der Waals surface area contributed by atoms with Gasteiger partial charge in [-0.1, -0.05) is 12.2 Å². The number of nitrogen functional groups attached to an aromatic ring is 1. The second-order valence-corrected chi connectivity index (χ2v) is 6.27. The average molecular weight is 268 g/mol. The van der Waals surface area contributed by atoms with Crippen molar-refractivity contribution < 1.29 is 8.42 Å². The molecule has 0 bridgehead atoms. The molecule has 0 radical (unpaired) electrons. The number of sulfonamides is 1. The fourth-order valence-corrected chi connectivity index (χ4v) is 3.14. The molecule has 2 rings (SSSR count). The molecule has 0 aromatic carbocycles. The second-order valence-electron chi connectivity index (χ2n) is 4.06. The van der Waals surface area contributed by atoms with Gasteiger partial charge in [-0.2, -0.15) is 4.31 Å². The molecule has 0 amide bonds. The molecule has 2 heterocycles. The Labute approximate surface area is 107 Å². The zero-order chi connectivity index (χ0) is 13.2. The number of nitrogens with two attached hydrogens (primary N) is 1. The van der Waals surface area contributed by atoms with Crippen molar-refractivity contribution >= 4 is 15.8 Å². The minimum atomic E-state index is -3.25. The van der Waals surface area contributed by atoms with Crippen LogP contribution in [0.1, 0.15) is 25.1 Å². The maximum absolute atomic E-state index is 12.0. The van der Waals surface area contributed by atoms with E-state index >= 15 is 0 Å². The molecule has 1 aromatic heterocycles. The molecule has 1 aliphatic heterocycles. The van der Waals surface area contributed by atoms with Crippen LogP contribution in [-0.2, 0) is 10.0 Å². The van der Waals surface area contributed by atoms with Crippen molar-refractivity contribution in [2.24, 2.45) is 0 Å². The van der Waals surface area contributed by atoms with Gasteiger partial charge < -0.3 is 5.73 Å². The monoisotopic (exact) mass is 268 g/mol. The second kappa shape index (κ2) is 5.03. The maximum atomic E-state index is 12.0. The Morgan fingerprint density at radius 1 is 1.39 bits per heavy atom. The van der Waals surface area contributed by atoms with E-state index in [0.29, 0.717) is 24.5 Å². The first-order chi connectivity index (χ1) is 8.54. The highest BCUT2D eigenvalue weighted by Crippen LogP contribution is 2.28. The molecule has 7 heteroatoms. The van der Waals surface area contributed by atoms with E-state index in [0.717, 1.165) is 0 Å². The molecule has 1 atom stereocenters. The summed E-state index contributed by atoms with van der Waals surface area (Å²) in [4.78, 5) is 8.14. The molecule has 1 unspecified atom stereocenters. The fourth-order valence-electron chi connectivity index (χ4n) is 1.91. The third kappa shape index (κ3) is 2.51. The topological polar surface area (TPSA) is 89.2 Å². The number of rotatable bonds is 3. The predicted octanol–water partition coefficient (Wildman–Crippen LogP) is 0.712. The lowest BCUT2D eigenvalue weighted by atomic mass is 10.1. The molecule has 0 saturated carbocycles. The quantitative estimate of drug-likeness (QED) is 0.815. The van der Waals surface area contributed by atoms with Crippen molar-refractivity contribution in [2.45, 2.75) is 19.4 Å². The zero-order valence-corrected chi connectivity index (χ0v) is 11.0. The van der Waals surface area contributed by atoms with Gasteiger partial charge in [0.15, 0.2) is 0 Å². The first-order valence-corrected chi connectivity index (χ1v) is 7.37. The summed E-state index contributed by atoms with van der Waals surface area (Å²) in [5, 5.41) is 0. The van der Waals surface area contributed by atoms with Gasteiger partial charge in [-0.3, -0.25) is 4.98 Å². The van der Waals surface area contributed by atoms with Crippen LogP contribution in [0.15, 0.2) is 24.5 Å². The third-order valence-corrected chi connectivity index (χ3v) is 4.76. The molecule has 1 aromatic rings. The Hall–Kier alpha value is -1.47. The summed E-state index contributed by atoms with van der Waals surface area (Å²) in [7, 11) is -3.25. The van der Waals surface area contributed by atoms with Gasteiger partial charge >= 0.3 is 0 Å². The minimum absolute atomic E-state index is 0.0831. The Kier molecular flexibility index (Phi) is 3.63. The van der Waals surface area contributed by atoms with Crippen molar-refractivity contribution in [2.75, 3.05) is 18.0 Å². The van der Waals surface area contributed by atoms with Crippen LogP contribution in [0.5, 0.6) is 0 Å². The summed E-state index contributed by atoms with van der Waals surface area (Å²) in [6, 6.07) is -0.284. The van der Waals surface area contributed by atoms with E-state index < -0.39 is 10.0 Å². The molecule has 1 aliphatic rings. The first kappa shape index (κ1) is 13.0. The predicted molar refractivity (Wildman–Crippen MR) is 69.1 cm³/mol. The molecule has 0 aliphatic carbocycles. The van der Waals surface area contributed by atoms with Crippen molar-refractivity contribution in [3.05, 3.63) is 30.2 Å². The SMILES string of the molecule is CCS(=O)(=O)N1CC=CCC1c1cnc(N)cn1. The maximum Gasteiger partial charge on any atom is 0.214 e. The van der Waals surface area contributed by atoms with E-state index in [1.807, 2.05) is 12.2 Å². The van der Waals surface area contributed by atoms with Crippen molar-refractivity contribution in [3.63, 3.8) is 0 Å². The Morgan fingerprint density at radius 3 is 2.78 bits per heavy atom. The van der Waals surface area contributed by atoms with Crippen LogP contribution >= 0.6 is 0 Å². The number of hydrogen-bond donors (Lipinski definition) is 1. The number of nitrogens with zero attached hydrogens (tertiary/aromatic N) is 3. The van der Waals surface area contributed by atoms with E-state index in [1.165, 1.54) is 16.7 Å². The summed E-state index contributed by atoms with van der Waals surface area (Å²) in [5.41, 5.74) is 6.11. The van der Waals surface area contributed by atoms with Crippen LogP contribution in [0, 0.1) is 0 Å². The van der Waals surface area contributed by atoms with Crippen molar-refractivity contribution in [3.8, 4) is 0 Å². The number of aromatic nitrogens is 2. The highest BCUT2D eigenvalue weighted by molar-refractivity contribution is 7.89. The standard InChI is InChI=1S/C11H16N4O2S/c1-2-18(16,17)15-6-4-3-5-10(15)9-7-14-11(12)8-13-9/h3-4,7-8,10H,2,5-6H2,1H3,(H2,12,14). The van der Waals surface area contributed by atoms with Gasteiger partial charge in [-0.05, 0) is 13.3 Å². The lowest BCUT2D eigenvalue weighted by Crippen LogP contribution is -2.38. The Bertz CT molecular complexity index is 539. The van der Waals surface area contributed by atoms with Crippen LogP contribution in [0.4, 0.5) is 5.82 Å². The minimum Gasteiger partial charge on any atom is -0.382 e. The van der Waals surface area contributed by atoms with Crippen LogP contribution in [-0.4, -0.2) is 35.0 Å². The van der Waals surface area contributed by atoms with Gasteiger partial charge in [-0.15, -0.1) is 0 Å². The van der Waals surface area contributed by atoms with E-state index in [2.05, 4.69) is 9.97 Å². The molecule has 2 N–H and O–H groups in total. The lowest BCUT2D eigenvalue weighted by molar-refractivity contribution is 0.333. The lowest BCUT2D eigenvalue weighted by Gasteiger charge is -2.31. The number of anilines is 1. The van der Waals surface area contributed by atoms with Crippen molar-refractivity contribution in [1.29, 1.82) is 0 Å². The normalized spacial score (nSPS) is 21.1. The van der Waals surface area contributed by atoms with Crippen LogP contribution in [0.2, 0.25) is 0 Å². The summed E-state index contributed by atoms with van der Waals surface area (Å²) in [6.07, 6.45) is 7.42. The smallest absolute Gasteiger partial charge is 0.214 e. The van der Waals surface area contributed by atoms with Gasteiger partial charge in [-0.25, -0.2) is 13.4 Å². The average Bonchev–Trinajstić information content (AvgIpc) is 2.40. The molecule has 0 fully saturated rings. The number of hydrogen-bond acceptors (Lipinski definition) is 5. The van der Waals surface area contributed by atoms with E-state index in [9.17, 15) is 8.42 Å². The van der Waals surface area contributed by atoms with Gasteiger partial charge in [0.25, 0.3) is 0 Å². The van der Waals surface area contributed by atoms with E-state index in [-0.39, 0.29) is 11.8 Å². The summed E-state index contributed by atoms with van der Waals surface area (Å²) in [5.74, 6) is 0.412. The summed E-state index contributed by atoms with van der Waals surface area (Å²) < 4.78 is 25.5. The first-order valence-electron chi connectivity index (χ1n) is 5.76. The Morgan fingerprint density at radius 2 is 2.17 bits per heavy atom. The van der Waals surface area contributed by atoms with Crippen LogP contribution in [0.25, 0.3) is 0 Å². The molecular weight excluding hydrogens is 252 g/mol. The van der Waals surface area contributed by atoms with Gasteiger partial charge in [0.1, 0.15) is 5.82 Å². The van der Waals surface area contributed by atoms with E-state index in [4.69, 9.17) is 5.73 Å². The summed E-state index contributed by atoms with van der Waals surface area (Å²) in [6.45, 7) is 2.02.